The highest BCUT2D eigenvalue weighted by molar-refractivity contribution is 5.53. The molecule has 0 aromatic heterocycles. The van der Waals surface area contributed by atoms with Gasteiger partial charge >= 0.3 is 0 Å². The number of likely N-dealkylation sites (N-methyl/N-ethyl adjacent to an activating group) is 1. The summed E-state index contributed by atoms with van der Waals surface area (Å²) in [5.41, 5.74) is 21.1. The summed E-state index contributed by atoms with van der Waals surface area (Å²) in [4.78, 5) is 8.80. The van der Waals surface area contributed by atoms with Crippen LogP contribution in [0.15, 0.2) is 207 Å². The van der Waals surface area contributed by atoms with Crippen LogP contribution in [0.2, 0.25) is 0 Å². The number of ether oxygens (including phenoxy) is 1. The SMILES string of the molecule is C=CCCCCC.CCN1CCCOCC1.CCNCc1ccc(CC)cc1.CCNCc1ccc(N(C)C)cc1.CCNCc1cccc(C)c1.CCNCc1cccc(N(C)C)c1.CCNCc1cccc(NC)c1.CCNCc1ccccc1C.CCNCc1ccccc1N(C)C.CCNCc1ccccc1NC. The van der Waals surface area contributed by atoms with Crippen molar-refractivity contribution in [2.45, 2.75) is 181 Å². The third kappa shape index (κ3) is 55.3. The van der Waals surface area contributed by atoms with Crippen LogP contribution in [0.25, 0.3) is 0 Å². The molecule has 0 unspecified atom stereocenters. The summed E-state index contributed by atoms with van der Waals surface area (Å²) in [5, 5.41) is 32.7. The molecule has 630 valence electrons. The molecule has 9 rings (SSSR count). The Labute approximate surface area is 692 Å². The van der Waals surface area contributed by atoms with Crippen molar-refractivity contribution in [3.05, 3.63) is 268 Å². The van der Waals surface area contributed by atoms with E-state index in [1.807, 2.05) is 26.2 Å². The Hall–Kier alpha value is -7.90. The lowest BCUT2D eigenvalue weighted by Crippen LogP contribution is -2.25. The third-order valence-corrected chi connectivity index (χ3v) is 18.0. The van der Waals surface area contributed by atoms with Crippen molar-refractivity contribution < 1.29 is 4.74 Å². The predicted molar refractivity (Wildman–Crippen MR) is 503 cm³/mol. The molecule has 1 aliphatic rings. The molecule has 0 atom stereocenters. The normalized spacial score (nSPS) is 11.0. The molecule has 0 bridgehead atoms. The van der Waals surface area contributed by atoms with E-state index in [1.54, 1.807) is 0 Å². The highest BCUT2D eigenvalue weighted by atomic mass is 16.5. The Morgan fingerprint density at radius 1 is 0.381 bits per heavy atom. The molecule has 0 spiro atoms. The van der Waals surface area contributed by atoms with E-state index in [4.69, 9.17) is 4.74 Å². The Bertz CT molecular complexity index is 3440. The maximum Gasteiger partial charge on any atom is 0.0593 e. The van der Waals surface area contributed by atoms with Gasteiger partial charge in [-0.15, -0.1) is 6.58 Å². The number of benzene rings is 8. The van der Waals surface area contributed by atoms with Gasteiger partial charge in [0.05, 0.1) is 6.61 Å². The van der Waals surface area contributed by atoms with Crippen molar-refractivity contribution in [2.24, 2.45) is 0 Å². The summed E-state index contributed by atoms with van der Waals surface area (Å²) in [6, 6.07) is 68.3. The Morgan fingerprint density at radius 3 is 1.30 bits per heavy atom. The molecule has 8 aromatic carbocycles. The quantitative estimate of drug-likeness (QED) is 0.0136. The van der Waals surface area contributed by atoms with Crippen LogP contribution in [0.5, 0.6) is 0 Å². The first-order valence-electron chi connectivity index (χ1n) is 42.4. The maximum atomic E-state index is 5.28. The molecule has 0 saturated carbocycles. The second-order valence-corrected chi connectivity index (χ2v) is 28.0. The minimum absolute atomic E-state index is 0.924. The van der Waals surface area contributed by atoms with Crippen molar-refractivity contribution in [1.82, 2.24) is 47.4 Å². The number of rotatable bonds is 35. The van der Waals surface area contributed by atoms with E-state index >= 15 is 0 Å². The van der Waals surface area contributed by atoms with Crippen molar-refractivity contribution >= 4 is 28.4 Å². The number of hydrogen-bond acceptors (Lipinski definition) is 15. The number of hydrogen-bond donors (Lipinski definition) is 10. The molecule has 113 heavy (non-hydrogen) atoms. The summed E-state index contributed by atoms with van der Waals surface area (Å²) >= 11 is 0. The smallest absolute Gasteiger partial charge is 0.0593 e. The summed E-state index contributed by atoms with van der Waals surface area (Å²) in [5.74, 6) is 0. The van der Waals surface area contributed by atoms with Gasteiger partial charge in [0.1, 0.15) is 0 Å². The lowest BCUT2D eigenvalue weighted by Gasteiger charge is -2.17. The highest BCUT2D eigenvalue weighted by Gasteiger charge is 2.06. The molecule has 1 saturated heterocycles. The highest BCUT2D eigenvalue weighted by Crippen LogP contribution is 2.19. The average molecular weight is 1550 g/mol. The lowest BCUT2D eigenvalue weighted by atomic mass is 10.1. The van der Waals surface area contributed by atoms with Gasteiger partial charge in [-0.25, -0.2) is 0 Å². The third-order valence-electron chi connectivity index (χ3n) is 18.0. The molecular formula is C98H162N14O. The van der Waals surface area contributed by atoms with Gasteiger partial charge in [-0.2, -0.15) is 0 Å². The minimum atomic E-state index is 0.924. The monoisotopic (exact) mass is 1550 g/mol. The van der Waals surface area contributed by atoms with Crippen molar-refractivity contribution in [3.8, 4) is 0 Å². The van der Waals surface area contributed by atoms with Gasteiger partial charge in [0, 0.05) is 157 Å². The molecule has 0 amide bonds. The first-order chi connectivity index (χ1) is 54.8. The van der Waals surface area contributed by atoms with Gasteiger partial charge in [-0.05, 0) is 203 Å². The van der Waals surface area contributed by atoms with E-state index in [2.05, 4.69) is 400 Å². The van der Waals surface area contributed by atoms with Crippen LogP contribution in [0.1, 0.15) is 169 Å². The topological polar surface area (TPSA) is 142 Å². The molecule has 15 heteroatoms. The molecule has 1 aliphatic heterocycles. The van der Waals surface area contributed by atoms with Gasteiger partial charge in [0.25, 0.3) is 0 Å². The number of para-hydroxylation sites is 2. The Kier molecular flexibility index (Phi) is 67.9. The van der Waals surface area contributed by atoms with Crippen molar-refractivity contribution in [3.63, 3.8) is 0 Å². The molecule has 1 fully saturated rings. The zero-order valence-corrected chi connectivity index (χ0v) is 75.0. The predicted octanol–water partition coefficient (Wildman–Crippen LogP) is 19.3. The maximum absolute atomic E-state index is 5.28. The second-order valence-electron chi connectivity index (χ2n) is 28.0. The van der Waals surface area contributed by atoms with Gasteiger partial charge in [0.15, 0.2) is 0 Å². The van der Waals surface area contributed by atoms with E-state index in [1.165, 1.54) is 135 Å². The van der Waals surface area contributed by atoms with Gasteiger partial charge in [-0.3, -0.25) is 0 Å². The van der Waals surface area contributed by atoms with Gasteiger partial charge in [0.2, 0.25) is 0 Å². The van der Waals surface area contributed by atoms with Crippen LogP contribution in [0, 0.1) is 13.8 Å². The molecule has 15 nitrogen and oxygen atoms in total. The molecule has 10 N–H and O–H groups in total. The lowest BCUT2D eigenvalue weighted by molar-refractivity contribution is 0.142. The van der Waals surface area contributed by atoms with E-state index in [0.29, 0.717) is 0 Å². The second kappa shape index (κ2) is 73.0. The minimum Gasteiger partial charge on any atom is -0.388 e. The zero-order valence-electron chi connectivity index (χ0n) is 75.0. The van der Waals surface area contributed by atoms with Crippen molar-refractivity contribution in [2.75, 3.05) is 167 Å². The van der Waals surface area contributed by atoms with E-state index in [0.717, 1.165) is 131 Å². The molecule has 0 radical (unpaired) electrons. The van der Waals surface area contributed by atoms with Crippen LogP contribution in [0.4, 0.5) is 28.4 Å². The molecular weight excluding hydrogens is 1390 g/mol. The first kappa shape index (κ1) is 105. The number of allylic oxidation sites excluding steroid dienone is 1. The fraction of sp³-hybridized carbons (Fsp3) is 0.490. The van der Waals surface area contributed by atoms with Crippen LogP contribution in [-0.2, 0) is 63.5 Å². The van der Waals surface area contributed by atoms with Crippen molar-refractivity contribution in [1.29, 1.82) is 0 Å². The summed E-state index contributed by atoms with van der Waals surface area (Å²) in [6.07, 6.45) is 9.48. The molecule has 0 aliphatic carbocycles. The molecule has 1 heterocycles. The average Bonchev–Trinajstić information content (AvgIpc) is 1.02. The standard InChI is InChI=1S/3C11H18N2.C11H17N.2C10H16N2.2C10H15N.C7H15NO.C7H14/c1-4-12-9-10-5-7-11(8-6-10)13(2)3;1-4-12-9-10-6-5-7-11(8-10)13(2)3;1-4-12-9-10-7-5-6-8-11(10)13(2)3;1-3-10-5-7-11(8-6-10)9-12-4-2;1-3-12-8-9-5-4-6-10(7-9)11-2;1-3-12-8-9-6-4-5-7-10(9)11-2;1-3-11-8-10-6-4-5-9(2)7-10;1-3-11-8-10-7-5-4-6-9(10)2;1-2-8-4-3-6-9-7-5-8;1-3-5-7-6-4-2/h3*5-8,12H,4,9H2,1-3H3;5-8,12H,3-4,9H2,1-2H3;2*4-7,11-12H,3,8H2,1-2H3;2*4-7,11H,3,8H2,1-2H3;2-7H2,1H3;3H,1,4-7H2,2H3. The van der Waals surface area contributed by atoms with Crippen LogP contribution < -0.4 is 67.9 Å². The number of aryl methyl sites for hydroxylation is 3. The zero-order chi connectivity index (χ0) is 83.8. The number of unbranched alkanes of at least 4 members (excludes halogenated alkanes) is 3. The van der Waals surface area contributed by atoms with Gasteiger partial charge < -0.3 is 77.5 Å². The Balaban J connectivity index is 0.00000124. The largest absolute Gasteiger partial charge is 0.388 e. The molecule has 8 aromatic rings. The summed E-state index contributed by atoms with van der Waals surface area (Å²) < 4.78 is 5.28. The van der Waals surface area contributed by atoms with Crippen LogP contribution in [-0.4, -0.2) is 146 Å². The number of nitrogens with zero attached hydrogens (tertiary/aromatic N) is 4. The number of nitrogens with one attached hydrogen (secondary N) is 10. The van der Waals surface area contributed by atoms with Gasteiger partial charge in [-0.1, -0.05) is 246 Å². The van der Waals surface area contributed by atoms with Crippen LogP contribution >= 0.6 is 0 Å². The Morgan fingerprint density at radius 2 is 0.823 bits per heavy atom. The van der Waals surface area contributed by atoms with E-state index in [-0.39, 0.29) is 0 Å². The fourth-order valence-corrected chi connectivity index (χ4v) is 11.0. The first-order valence-corrected chi connectivity index (χ1v) is 42.4. The van der Waals surface area contributed by atoms with Crippen LogP contribution in [0.3, 0.4) is 0 Å². The fourth-order valence-electron chi connectivity index (χ4n) is 11.0. The summed E-state index contributed by atoms with van der Waals surface area (Å²) in [6.45, 7) is 52.8. The number of anilines is 5. The summed E-state index contributed by atoms with van der Waals surface area (Å²) in [7, 11) is 16.3. The van der Waals surface area contributed by atoms with E-state index in [9.17, 15) is 0 Å². The van der Waals surface area contributed by atoms with E-state index < -0.39 is 0 Å².